The summed E-state index contributed by atoms with van der Waals surface area (Å²) >= 11 is 6.33. The van der Waals surface area contributed by atoms with Crippen LogP contribution < -0.4 is 15.5 Å². The van der Waals surface area contributed by atoms with E-state index in [0.717, 1.165) is 10.9 Å². The minimum absolute atomic E-state index is 0.0864. The first kappa shape index (κ1) is 29.1. The maximum Gasteiger partial charge on any atom is 0.412 e. The van der Waals surface area contributed by atoms with E-state index in [1.807, 2.05) is 24.3 Å². The van der Waals surface area contributed by atoms with Crippen molar-refractivity contribution in [3.63, 3.8) is 0 Å². The number of anilines is 3. The van der Waals surface area contributed by atoms with Gasteiger partial charge in [0.05, 0.1) is 11.4 Å². The molecule has 0 unspecified atom stereocenters. The number of phenolic OH excluding ortho intramolecular Hbond substituents is 1. The number of carbonyl (C=O) groups excluding carboxylic acids is 3. The first-order chi connectivity index (χ1) is 20.9. The number of furan rings is 1. The summed E-state index contributed by atoms with van der Waals surface area (Å²) < 4.78 is 12.8. The van der Waals surface area contributed by atoms with Crippen molar-refractivity contribution in [3.05, 3.63) is 83.9 Å². The van der Waals surface area contributed by atoms with Crippen molar-refractivity contribution in [3.8, 4) is 5.75 Å². The lowest BCUT2D eigenvalue weighted by molar-refractivity contribution is 0.0635. The van der Waals surface area contributed by atoms with Gasteiger partial charge in [-0.2, -0.15) is 0 Å². The predicted octanol–water partition coefficient (Wildman–Crippen LogP) is 7.21. The van der Waals surface area contributed by atoms with Crippen LogP contribution in [0.15, 0.2) is 71.3 Å². The number of aromatic hydroxyl groups is 1. The Labute approximate surface area is 258 Å². The lowest BCUT2D eigenvalue weighted by Gasteiger charge is -2.19. The van der Waals surface area contributed by atoms with Crippen LogP contribution in [0.3, 0.4) is 0 Å². The summed E-state index contributed by atoms with van der Waals surface area (Å²) in [5.74, 6) is -0.333. The molecule has 0 fully saturated rings. The zero-order chi connectivity index (χ0) is 31.3. The van der Waals surface area contributed by atoms with Crippen LogP contribution in [0.25, 0.3) is 21.7 Å². The fraction of sp³-hybridized carbons (Fsp3) is 0.242. The Morgan fingerprint density at radius 2 is 1.77 bits per heavy atom. The Kier molecular flexibility index (Phi) is 7.25. The zero-order valence-electron chi connectivity index (χ0n) is 24.6. The second-order valence-electron chi connectivity index (χ2n) is 11.8. The molecule has 6 rings (SSSR count). The van der Waals surface area contributed by atoms with Crippen LogP contribution in [0.2, 0.25) is 0 Å². The fourth-order valence-corrected chi connectivity index (χ4v) is 5.83. The van der Waals surface area contributed by atoms with Crippen molar-refractivity contribution in [1.82, 2.24) is 4.57 Å². The average molecular weight is 615 g/mol. The maximum atomic E-state index is 13.7. The van der Waals surface area contributed by atoms with E-state index in [-0.39, 0.29) is 23.3 Å². The molecule has 1 atom stereocenters. The number of hydrogen-bond donors (Lipinski definition) is 3. The highest BCUT2D eigenvalue weighted by Gasteiger charge is 2.36. The van der Waals surface area contributed by atoms with Gasteiger partial charge in [0.2, 0.25) is 0 Å². The number of benzene rings is 3. The highest BCUT2D eigenvalue weighted by Crippen LogP contribution is 2.45. The van der Waals surface area contributed by atoms with Crippen LogP contribution in [0.4, 0.5) is 21.9 Å². The van der Waals surface area contributed by atoms with Crippen molar-refractivity contribution in [2.45, 2.75) is 32.3 Å². The van der Waals surface area contributed by atoms with Crippen LogP contribution in [0.5, 0.6) is 5.75 Å². The van der Waals surface area contributed by atoms with E-state index in [4.69, 9.17) is 20.8 Å². The van der Waals surface area contributed by atoms with E-state index >= 15 is 0 Å². The van der Waals surface area contributed by atoms with Gasteiger partial charge < -0.3 is 29.0 Å². The molecule has 5 aromatic rings. The topological polar surface area (TPSA) is 126 Å². The quantitative estimate of drug-likeness (QED) is 0.180. The minimum atomic E-state index is -0.654. The normalized spacial score (nSPS) is 14.6. The lowest BCUT2D eigenvalue weighted by atomic mass is 9.95. The Hall–Kier alpha value is -4.96. The van der Waals surface area contributed by atoms with Gasteiger partial charge in [-0.3, -0.25) is 14.9 Å². The van der Waals surface area contributed by atoms with Crippen LogP contribution in [0.1, 0.15) is 53.3 Å². The second kappa shape index (κ2) is 10.9. The number of hydrogen-bond acceptors (Lipinski definition) is 6. The summed E-state index contributed by atoms with van der Waals surface area (Å²) in [4.78, 5) is 40.5. The van der Waals surface area contributed by atoms with Crippen molar-refractivity contribution >= 4 is 68.3 Å². The number of nitrogens with one attached hydrogen (secondary N) is 2. The number of nitrogens with zero attached hydrogens (tertiary/aromatic N) is 2. The predicted molar refractivity (Wildman–Crippen MR) is 170 cm³/mol. The molecule has 3 N–H and O–H groups in total. The molecule has 0 spiro atoms. The average Bonchev–Trinajstić information content (AvgIpc) is 3.66. The van der Waals surface area contributed by atoms with E-state index in [1.54, 1.807) is 79.9 Å². The molecule has 3 amide bonds. The Balaban J connectivity index is 1.22. The standard InChI is InChI=1S/C33H31ClN4O6/c1-33(2,3)44-32(42)36-21-13-25(37(4)17-21)30(40)35-20-9-10-27-18(11-20)12-28(43-27)31(41)38-16-19(15-34)29-23-8-6-5-7-22(23)26(39)14-24(29)38/h5-14,17,19,39H,15-16H2,1-4H3,(H,35,40)(H,36,42)/t19-/m1/s1. The van der Waals surface area contributed by atoms with Crippen LogP contribution >= 0.6 is 11.6 Å². The largest absolute Gasteiger partial charge is 0.507 e. The number of alkyl halides is 1. The summed E-state index contributed by atoms with van der Waals surface area (Å²) in [6.07, 6.45) is 0.996. The SMILES string of the molecule is Cn1cc(NC(=O)OC(C)(C)C)cc1C(=O)Nc1ccc2oc(C(=O)N3C[C@@H](CCl)c4c3cc(O)c3ccccc43)cc2c1. The molecule has 0 saturated heterocycles. The summed E-state index contributed by atoms with van der Waals surface area (Å²) in [6, 6.07) is 17.4. The number of aryl methyl sites for hydroxylation is 1. The number of rotatable bonds is 5. The number of aromatic nitrogens is 1. The van der Waals surface area contributed by atoms with Gasteiger partial charge in [-0.05, 0) is 62.1 Å². The summed E-state index contributed by atoms with van der Waals surface area (Å²) in [7, 11) is 1.69. The smallest absolute Gasteiger partial charge is 0.412 e. The third-order valence-electron chi connectivity index (χ3n) is 7.44. The first-order valence-electron chi connectivity index (χ1n) is 14.1. The molecule has 3 heterocycles. The van der Waals surface area contributed by atoms with Gasteiger partial charge in [0, 0.05) is 54.1 Å². The molecule has 0 radical (unpaired) electrons. The number of phenols is 1. The van der Waals surface area contributed by atoms with Gasteiger partial charge in [-0.15, -0.1) is 11.6 Å². The maximum absolute atomic E-state index is 13.7. The highest BCUT2D eigenvalue weighted by molar-refractivity contribution is 6.19. The number of ether oxygens (including phenoxy) is 1. The van der Waals surface area contributed by atoms with Crippen molar-refractivity contribution in [2.75, 3.05) is 28.0 Å². The van der Waals surface area contributed by atoms with Crippen LogP contribution in [0, 0.1) is 0 Å². The van der Waals surface area contributed by atoms with E-state index in [1.165, 1.54) is 0 Å². The molecule has 0 aliphatic carbocycles. The van der Waals surface area contributed by atoms with Gasteiger partial charge in [0.15, 0.2) is 5.76 Å². The van der Waals surface area contributed by atoms with Crippen molar-refractivity contribution in [2.24, 2.45) is 7.05 Å². The molecular formula is C33H31ClN4O6. The molecule has 44 heavy (non-hydrogen) atoms. The molecule has 0 saturated carbocycles. The Morgan fingerprint density at radius 3 is 2.50 bits per heavy atom. The molecule has 226 valence electrons. The van der Waals surface area contributed by atoms with Gasteiger partial charge in [-0.1, -0.05) is 24.3 Å². The Morgan fingerprint density at radius 1 is 1.02 bits per heavy atom. The molecular weight excluding hydrogens is 584 g/mol. The van der Waals surface area contributed by atoms with Gasteiger partial charge >= 0.3 is 6.09 Å². The number of carbonyl (C=O) groups is 3. The van der Waals surface area contributed by atoms with Gasteiger partial charge in [0.1, 0.15) is 22.6 Å². The molecule has 11 heteroatoms. The van der Waals surface area contributed by atoms with Crippen LogP contribution in [-0.4, -0.2) is 45.6 Å². The molecule has 10 nitrogen and oxygen atoms in total. The molecule has 3 aromatic carbocycles. The summed E-state index contributed by atoms with van der Waals surface area (Å²) in [6.45, 7) is 5.65. The van der Waals surface area contributed by atoms with E-state index in [9.17, 15) is 19.5 Å². The van der Waals surface area contributed by atoms with E-state index in [2.05, 4.69) is 10.6 Å². The summed E-state index contributed by atoms with van der Waals surface area (Å²) in [5, 5.41) is 18.4. The van der Waals surface area contributed by atoms with E-state index < -0.39 is 17.6 Å². The third kappa shape index (κ3) is 5.44. The monoisotopic (exact) mass is 614 g/mol. The molecule has 1 aliphatic heterocycles. The van der Waals surface area contributed by atoms with Gasteiger partial charge in [0.25, 0.3) is 11.8 Å². The number of fused-ring (bicyclic) bond motifs is 4. The van der Waals surface area contributed by atoms with Crippen LogP contribution in [-0.2, 0) is 11.8 Å². The van der Waals surface area contributed by atoms with Crippen molar-refractivity contribution in [1.29, 1.82) is 0 Å². The second-order valence-corrected chi connectivity index (χ2v) is 12.1. The first-order valence-corrected chi connectivity index (χ1v) is 14.6. The number of halogens is 1. The zero-order valence-corrected chi connectivity index (χ0v) is 25.4. The third-order valence-corrected chi connectivity index (χ3v) is 7.82. The Bertz CT molecular complexity index is 1950. The van der Waals surface area contributed by atoms with E-state index in [0.29, 0.717) is 51.5 Å². The molecule has 2 aromatic heterocycles. The highest BCUT2D eigenvalue weighted by atomic mass is 35.5. The van der Waals surface area contributed by atoms with Gasteiger partial charge in [-0.25, -0.2) is 4.79 Å². The molecule has 0 bridgehead atoms. The summed E-state index contributed by atoms with van der Waals surface area (Å²) in [5.41, 5.74) is 2.58. The fourth-order valence-electron chi connectivity index (χ4n) is 5.58. The number of amides is 3. The lowest BCUT2D eigenvalue weighted by Crippen LogP contribution is -2.29. The molecule has 1 aliphatic rings. The minimum Gasteiger partial charge on any atom is -0.507 e. The van der Waals surface area contributed by atoms with Crippen molar-refractivity contribution < 1.29 is 28.6 Å².